The van der Waals surface area contributed by atoms with Crippen molar-refractivity contribution in [2.24, 2.45) is 0 Å². The minimum atomic E-state index is -4.41. The van der Waals surface area contributed by atoms with Crippen LogP contribution in [0.4, 0.5) is 19.0 Å². The number of carbonyl (C=O) groups is 1. The van der Waals surface area contributed by atoms with Gasteiger partial charge in [0.25, 0.3) is 0 Å². The number of methoxy groups -OCH3 is 2. The molecule has 1 unspecified atom stereocenters. The van der Waals surface area contributed by atoms with Crippen molar-refractivity contribution >= 4 is 11.7 Å². The van der Waals surface area contributed by atoms with Crippen molar-refractivity contribution in [2.75, 3.05) is 19.5 Å². The van der Waals surface area contributed by atoms with Crippen molar-refractivity contribution in [3.63, 3.8) is 0 Å². The second kappa shape index (κ2) is 7.40. The van der Waals surface area contributed by atoms with Gasteiger partial charge in [0.05, 0.1) is 25.5 Å². The molecular formula is C21H18F3N3O3. The van der Waals surface area contributed by atoms with E-state index in [4.69, 9.17) is 9.47 Å². The summed E-state index contributed by atoms with van der Waals surface area (Å²) in [5.41, 5.74) is 1.27. The molecule has 9 heteroatoms. The lowest BCUT2D eigenvalue weighted by molar-refractivity contribution is -0.137. The molecule has 0 saturated carbocycles. The van der Waals surface area contributed by atoms with Crippen LogP contribution in [-0.2, 0) is 11.0 Å². The number of nitrogens with zero attached hydrogens (tertiary/aromatic N) is 2. The number of fused-ring (bicyclic) bond motifs is 1. The van der Waals surface area contributed by atoms with Gasteiger partial charge in [-0.1, -0.05) is 6.07 Å². The molecule has 1 aromatic heterocycles. The van der Waals surface area contributed by atoms with Crippen molar-refractivity contribution in [3.8, 4) is 17.2 Å². The number of nitrogens with one attached hydrogen (secondary N) is 1. The summed E-state index contributed by atoms with van der Waals surface area (Å²) in [7, 11) is 3.05. The van der Waals surface area contributed by atoms with E-state index in [2.05, 4.69) is 10.3 Å². The summed E-state index contributed by atoms with van der Waals surface area (Å²) >= 11 is 0. The molecular weight excluding hydrogens is 399 g/mol. The molecule has 1 atom stereocenters. The van der Waals surface area contributed by atoms with Gasteiger partial charge in [0.1, 0.15) is 6.33 Å². The van der Waals surface area contributed by atoms with Crippen LogP contribution in [0.15, 0.2) is 48.8 Å². The Hall–Kier alpha value is -3.49. The molecule has 0 fully saturated rings. The number of hydrogen-bond acceptors (Lipinski definition) is 4. The molecule has 1 N–H and O–H groups in total. The predicted molar refractivity (Wildman–Crippen MR) is 103 cm³/mol. The van der Waals surface area contributed by atoms with Gasteiger partial charge in [-0.15, -0.1) is 0 Å². The summed E-state index contributed by atoms with van der Waals surface area (Å²) in [6, 6.07) is 10.2. The van der Waals surface area contributed by atoms with Crippen LogP contribution in [0.5, 0.6) is 11.5 Å². The molecule has 1 amide bonds. The molecule has 156 valence electrons. The molecule has 1 aliphatic heterocycles. The van der Waals surface area contributed by atoms with Gasteiger partial charge < -0.3 is 19.4 Å². The van der Waals surface area contributed by atoms with Crippen LogP contribution >= 0.6 is 0 Å². The minimum Gasteiger partial charge on any atom is -0.493 e. The van der Waals surface area contributed by atoms with Gasteiger partial charge in [-0.2, -0.15) is 13.2 Å². The second-order valence-corrected chi connectivity index (χ2v) is 6.81. The van der Waals surface area contributed by atoms with E-state index >= 15 is 0 Å². The number of ether oxygens (including phenoxy) is 2. The zero-order valence-electron chi connectivity index (χ0n) is 16.2. The molecule has 30 heavy (non-hydrogen) atoms. The van der Waals surface area contributed by atoms with E-state index in [0.29, 0.717) is 28.7 Å². The average Bonchev–Trinajstić information content (AvgIpc) is 3.15. The van der Waals surface area contributed by atoms with Crippen LogP contribution in [0.2, 0.25) is 0 Å². The summed E-state index contributed by atoms with van der Waals surface area (Å²) in [5.74, 6) is 0.894. The van der Waals surface area contributed by atoms with E-state index in [9.17, 15) is 18.0 Å². The molecule has 0 spiro atoms. The number of imidazole rings is 1. The first-order valence-electron chi connectivity index (χ1n) is 9.08. The summed E-state index contributed by atoms with van der Waals surface area (Å²) < 4.78 is 51.1. The molecule has 2 heterocycles. The average molecular weight is 417 g/mol. The Labute approximate surface area is 170 Å². The maximum Gasteiger partial charge on any atom is 0.416 e. The Morgan fingerprint density at radius 1 is 1.07 bits per heavy atom. The van der Waals surface area contributed by atoms with E-state index in [1.54, 1.807) is 16.7 Å². The highest BCUT2D eigenvalue weighted by molar-refractivity contribution is 5.94. The zero-order chi connectivity index (χ0) is 21.5. The lowest BCUT2D eigenvalue weighted by Gasteiger charge is -2.25. The van der Waals surface area contributed by atoms with Crippen molar-refractivity contribution < 1.29 is 27.4 Å². The third-order valence-electron chi connectivity index (χ3n) is 5.06. The number of amides is 1. The normalized spacial score (nSPS) is 16.0. The Morgan fingerprint density at radius 2 is 1.77 bits per heavy atom. The van der Waals surface area contributed by atoms with Crippen molar-refractivity contribution in [3.05, 3.63) is 65.6 Å². The van der Waals surface area contributed by atoms with Gasteiger partial charge in [-0.25, -0.2) is 4.98 Å². The molecule has 1 aliphatic rings. The Morgan fingerprint density at radius 3 is 2.40 bits per heavy atom. The Balaban J connectivity index is 1.80. The first-order chi connectivity index (χ1) is 14.3. The van der Waals surface area contributed by atoms with Gasteiger partial charge in [-0.05, 0) is 42.0 Å². The van der Waals surface area contributed by atoms with Gasteiger partial charge in [0.15, 0.2) is 17.3 Å². The second-order valence-electron chi connectivity index (χ2n) is 6.81. The topological polar surface area (TPSA) is 65.4 Å². The van der Waals surface area contributed by atoms with E-state index in [1.165, 1.54) is 32.7 Å². The molecule has 2 aromatic carbocycles. The first kappa shape index (κ1) is 19.8. The van der Waals surface area contributed by atoms with Crippen LogP contribution in [0, 0.1) is 0 Å². The lowest BCUT2D eigenvalue weighted by Crippen LogP contribution is -2.25. The Bertz CT molecular complexity index is 1090. The standard InChI is InChI=1S/C21H18F3N3O3/c1-29-16-8-3-12(9-17(16)30-2)15-10-18(28)26-20-19(15)27(11-25-20)14-6-4-13(5-7-14)21(22,23)24/h3-9,11,15H,10H2,1-2H3,(H,26,28). The van der Waals surface area contributed by atoms with Crippen LogP contribution < -0.4 is 14.8 Å². The maximum absolute atomic E-state index is 12.9. The van der Waals surface area contributed by atoms with E-state index < -0.39 is 11.7 Å². The summed E-state index contributed by atoms with van der Waals surface area (Å²) in [6.07, 6.45) is -2.76. The molecule has 0 aliphatic carbocycles. The predicted octanol–water partition coefficient (Wildman–Crippen LogP) is 4.38. The number of aromatic nitrogens is 2. The molecule has 6 nitrogen and oxygen atoms in total. The summed E-state index contributed by atoms with van der Waals surface area (Å²) in [6.45, 7) is 0. The largest absolute Gasteiger partial charge is 0.493 e. The molecule has 4 rings (SSSR count). The number of carbonyl (C=O) groups excluding carboxylic acids is 1. The van der Waals surface area contributed by atoms with Crippen molar-refractivity contribution in [1.29, 1.82) is 0 Å². The molecule has 0 saturated heterocycles. The van der Waals surface area contributed by atoms with Crippen LogP contribution in [0.1, 0.15) is 29.2 Å². The lowest BCUT2D eigenvalue weighted by atomic mass is 9.89. The third-order valence-corrected chi connectivity index (χ3v) is 5.06. The highest BCUT2D eigenvalue weighted by Gasteiger charge is 2.33. The third kappa shape index (κ3) is 3.47. The van der Waals surface area contributed by atoms with Crippen LogP contribution in [0.25, 0.3) is 5.69 Å². The number of halogens is 3. The van der Waals surface area contributed by atoms with Crippen molar-refractivity contribution in [1.82, 2.24) is 9.55 Å². The molecule has 0 radical (unpaired) electrons. The van der Waals surface area contributed by atoms with Crippen LogP contribution in [0.3, 0.4) is 0 Å². The van der Waals surface area contributed by atoms with Crippen molar-refractivity contribution in [2.45, 2.75) is 18.5 Å². The fraction of sp³-hybridized carbons (Fsp3) is 0.238. The summed E-state index contributed by atoms with van der Waals surface area (Å²) in [4.78, 5) is 16.5. The molecule has 0 bridgehead atoms. The smallest absolute Gasteiger partial charge is 0.416 e. The maximum atomic E-state index is 12.9. The Kier molecular flexibility index (Phi) is 4.89. The number of rotatable bonds is 4. The minimum absolute atomic E-state index is 0.162. The molecule has 3 aromatic rings. The van der Waals surface area contributed by atoms with E-state index in [1.807, 2.05) is 6.07 Å². The van der Waals surface area contributed by atoms with E-state index in [0.717, 1.165) is 17.7 Å². The van der Waals surface area contributed by atoms with Gasteiger partial charge in [0, 0.05) is 18.0 Å². The first-order valence-corrected chi connectivity index (χ1v) is 9.08. The highest BCUT2D eigenvalue weighted by Crippen LogP contribution is 2.41. The SMILES string of the molecule is COc1ccc(C2CC(=O)Nc3ncn(-c4ccc(C(F)(F)F)cc4)c32)cc1OC. The van der Waals surface area contributed by atoms with Gasteiger partial charge in [-0.3, -0.25) is 4.79 Å². The highest BCUT2D eigenvalue weighted by atomic mass is 19.4. The number of anilines is 1. The van der Waals surface area contributed by atoms with E-state index in [-0.39, 0.29) is 18.2 Å². The zero-order valence-corrected chi connectivity index (χ0v) is 16.2. The number of benzene rings is 2. The fourth-order valence-electron chi connectivity index (χ4n) is 3.61. The number of hydrogen-bond donors (Lipinski definition) is 1. The van der Waals surface area contributed by atoms with Gasteiger partial charge >= 0.3 is 6.18 Å². The fourth-order valence-corrected chi connectivity index (χ4v) is 3.61. The number of alkyl halides is 3. The van der Waals surface area contributed by atoms with Gasteiger partial charge in [0.2, 0.25) is 5.91 Å². The van der Waals surface area contributed by atoms with Crippen LogP contribution in [-0.4, -0.2) is 29.7 Å². The quantitative estimate of drug-likeness (QED) is 0.684. The monoisotopic (exact) mass is 417 g/mol. The summed E-state index contributed by atoms with van der Waals surface area (Å²) in [5, 5.41) is 2.73.